The molecule has 6 rings (SSSR count). The highest BCUT2D eigenvalue weighted by Crippen LogP contribution is 2.45. The fourth-order valence-electron chi connectivity index (χ4n) is 5.34. The van der Waals surface area contributed by atoms with E-state index in [2.05, 4.69) is 32.6 Å². The van der Waals surface area contributed by atoms with Gasteiger partial charge in [0.15, 0.2) is 0 Å². The Bertz CT molecular complexity index is 1230. The molecular formula is C24H27N5O2. The third-order valence-electron chi connectivity index (χ3n) is 7.37. The van der Waals surface area contributed by atoms with Crippen LogP contribution in [0.1, 0.15) is 56.2 Å². The number of hydrogen-bond donors (Lipinski definition) is 3. The number of nitrogens with one attached hydrogen (secondary N) is 3. The zero-order valence-corrected chi connectivity index (χ0v) is 18.0. The van der Waals surface area contributed by atoms with Crippen LogP contribution in [0.3, 0.4) is 0 Å². The van der Waals surface area contributed by atoms with E-state index >= 15 is 0 Å². The van der Waals surface area contributed by atoms with Crippen LogP contribution in [-0.2, 0) is 27.8 Å². The molecule has 2 amide bonds. The first kappa shape index (κ1) is 18.7. The number of aromatic nitrogens is 3. The van der Waals surface area contributed by atoms with Gasteiger partial charge >= 0.3 is 0 Å². The smallest absolute Gasteiger partial charge is 0.240 e. The second-order valence-corrected chi connectivity index (χ2v) is 9.72. The summed E-state index contributed by atoms with van der Waals surface area (Å²) in [5, 5.41) is 11.7. The highest BCUT2D eigenvalue weighted by molar-refractivity contribution is 6.12. The fourth-order valence-corrected chi connectivity index (χ4v) is 5.34. The third kappa shape index (κ3) is 2.68. The minimum absolute atomic E-state index is 0.0143. The molecule has 0 unspecified atom stereocenters. The summed E-state index contributed by atoms with van der Waals surface area (Å²) >= 11 is 0. The zero-order chi connectivity index (χ0) is 21.3. The topological polar surface area (TPSA) is 93.9 Å². The van der Waals surface area contributed by atoms with E-state index in [0.29, 0.717) is 0 Å². The van der Waals surface area contributed by atoms with Gasteiger partial charge in [0, 0.05) is 28.8 Å². The molecule has 2 aromatic heterocycles. The number of fused-ring (bicyclic) bond motifs is 6. The number of H-pyrrole nitrogens is 2. The molecule has 1 fully saturated rings. The molecule has 3 aliphatic rings. The van der Waals surface area contributed by atoms with Gasteiger partial charge < -0.3 is 15.2 Å². The molecule has 7 nitrogen and oxygen atoms in total. The van der Waals surface area contributed by atoms with E-state index in [9.17, 15) is 9.59 Å². The third-order valence-corrected chi connectivity index (χ3v) is 7.37. The molecule has 0 saturated heterocycles. The first-order valence-electron chi connectivity index (χ1n) is 11.3. The standard InChI is InChI=1S/C24H27N5O2/c1-24(2)17-10-18-16(15-8-3-5-13-11-25-28-21(13)22(15)27-18)9-19(17)29(23(24)31)12-20(30)26-14-6-4-7-14/h9-11,14,27H,3-8,12H2,1-2H3,(H,25,28)(H,26,30). The molecule has 3 heterocycles. The molecule has 31 heavy (non-hydrogen) atoms. The van der Waals surface area contributed by atoms with Crippen LogP contribution >= 0.6 is 0 Å². The Labute approximate surface area is 180 Å². The SMILES string of the molecule is CC1(C)C(=O)N(CC(=O)NC2CCC2)c2cc3c4c([nH]c3cc21)-c1n[nH]cc1CCC4. The minimum Gasteiger partial charge on any atom is -0.353 e. The lowest BCUT2D eigenvalue weighted by Gasteiger charge is -2.28. The van der Waals surface area contributed by atoms with Crippen molar-refractivity contribution in [1.82, 2.24) is 20.5 Å². The van der Waals surface area contributed by atoms with Gasteiger partial charge in [0.1, 0.15) is 12.2 Å². The van der Waals surface area contributed by atoms with Gasteiger partial charge in [0.05, 0.1) is 11.1 Å². The van der Waals surface area contributed by atoms with Crippen molar-refractivity contribution in [3.05, 3.63) is 35.0 Å². The minimum atomic E-state index is -0.666. The van der Waals surface area contributed by atoms with E-state index in [1.165, 1.54) is 11.1 Å². The van der Waals surface area contributed by atoms with Gasteiger partial charge in [-0.3, -0.25) is 14.7 Å². The number of nitrogens with zero attached hydrogens (tertiary/aromatic N) is 2. The summed E-state index contributed by atoms with van der Waals surface area (Å²) < 4.78 is 0. The van der Waals surface area contributed by atoms with Gasteiger partial charge in [-0.1, -0.05) is 0 Å². The summed E-state index contributed by atoms with van der Waals surface area (Å²) in [7, 11) is 0. The van der Waals surface area contributed by atoms with Crippen LogP contribution in [0.5, 0.6) is 0 Å². The van der Waals surface area contributed by atoms with Crippen molar-refractivity contribution in [2.45, 2.75) is 63.8 Å². The van der Waals surface area contributed by atoms with Crippen molar-refractivity contribution in [1.29, 1.82) is 0 Å². The predicted molar refractivity (Wildman–Crippen MR) is 119 cm³/mol. The van der Waals surface area contributed by atoms with Crippen molar-refractivity contribution in [2.24, 2.45) is 0 Å². The maximum Gasteiger partial charge on any atom is 0.240 e. The lowest BCUT2D eigenvalue weighted by Crippen LogP contribution is -2.47. The number of carbonyl (C=O) groups is 2. The number of benzene rings is 1. The number of aryl methyl sites for hydroxylation is 2. The van der Waals surface area contributed by atoms with E-state index in [4.69, 9.17) is 0 Å². The average molecular weight is 418 g/mol. The molecule has 1 saturated carbocycles. The molecule has 160 valence electrons. The van der Waals surface area contributed by atoms with Gasteiger partial charge in [-0.15, -0.1) is 0 Å². The second-order valence-electron chi connectivity index (χ2n) is 9.72. The summed E-state index contributed by atoms with van der Waals surface area (Å²) in [4.78, 5) is 31.2. The van der Waals surface area contributed by atoms with E-state index in [-0.39, 0.29) is 24.4 Å². The van der Waals surface area contributed by atoms with Gasteiger partial charge in [-0.25, -0.2) is 0 Å². The van der Waals surface area contributed by atoms with E-state index in [1.807, 2.05) is 20.0 Å². The Hall–Kier alpha value is -3.09. The summed E-state index contributed by atoms with van der Waals surface area (Å²) in [6.45, 7) is 3.97. The van der Waals surface area contributed by atoms with Crippen LogP contribution in [0.2, 0.25) is 0 Å². The zero-order valence-electron chi connectivity index (χ0n) is 18.0. The molecule has 2 aliphatic carbocycles. The summed E-state index contributed by atoms with van der Waals surface area (Å²) in [5.41, 5.74) is 6.75. The fraction of sp³-hybridized carbons (Fsp3) is 0.458. The Morgan fingerprint density at radius 3 is 2.87 bits per heavy atom. The molecule has 1 aromatic carbocycles. The van der Waals surface area contributed by atoms with Crippen LogP contribution in [0, 0.1) is 0 Å². The van der Waals surface area contributed by atoms with Crippen LogP contribution in [0.15, 0.2) is 18.3 Å². The van der Waals surface area contributed by atoms with Crippen LogP contribution in [0.4, 0.5) is 5.69 Å². The molecule has 3 N–H and O–H groups in total. The monoisotopic (exact) mass is 417 g/mol. The van der Waals surface area contributed by atoms with Crippen molar-refractivity contribution in [3.8, 4) is 11.4 Å². The second kappa shape index (κ2) is 6.45. The lowest BCUT2D eigenvalue weighted by molar-refractivity contribution is -0.126. The van der Waals surface area contributed by atoms with Crippen molar-refractivity contribution in [2.75, 3.05) is 11.4 Å². The lowest BCUT2D eigenvalue weighted by atomic mass is 9.85. The predicted octanol–water partition coefficient (Wildman–Crippen LogP) is 3.34. The Balaban J connectivity index is 1.45. The van der Waals surface area contributed by atoms with Gasteiger partial charge in [0.25, 0.3) is 0 Å². The first-order chi connectivity index (χ1) is 14.9. The van der Waals surface area contributed by atoms with Gasteiger partial charge in [-0.2, -0.15) is 5.10 Å². The number of amides is 2. The Morgan fingerprint density at radius 2 is 2.10 bits per heavy atom. The van der Waals surface area contributed by atoms with Crippen molar-refractivity contribution in [3.63, 3.8) is 0 Å². The van der Waals surface area contributed by atoms with Gasteiger partial charge in [0.2, 0.25) is 11.8 Å². The molecule has 0 spiro atoms. The number of carbonyl (C=O) groups excluding carboxylic acids is 2. The van der Waals surface area contributed by atoms with E-state index < -0.39 is 5.41 Å². The molecule has 1 aliphatic heterocycles. The maximum atomic E-state index is 13.3. The molecule has 3 aromatic rings. The largest absolute Gasteiger partial charge is 0.353 e. The maximum absolute atomic E-state index is 13.3. The molecule has 0 bridgehead atoms. The highest BCUT2D eigenvalue weighted by Gasteiger charge is 2.45. The summed E-state index contributed by atoms with van der Waals surface area (Å²) in [5.74, 6) is -0.0875. The van der Waals surface area contributed by atoms with Gasteiger partial charge in [-0.05, 0) is 81.2 Å². The van der Waals surface area contributed by atoms with E-state index in [0.717, 1.165) is 72.1 Å². The van der Waals surface area contributed by atoms with Crippen LogP contribution in [0.25, 0.3) is 22.3 Å². The normalized spacial score (nSPS) is 19.5. The van der Waals surface area contributed by atoms with E-state index in [1.54, 1.807) is 4.90 Å². The molecule has 0 atom stereocenters. The molecule has 0 radical (unpaired) electrons. The number of aromatic amines is 2. The first-order valence-corrected chi connectivity index (χ1v) is 11.3. The summed E-state index contributed by atoms with van der Waals surface area (Å²) in [6.07, 6.45) is 8.24. The quantitative estimate of drug-likeness (QED) is 0.610. The van der Waals surface area contributed by atoms with Crippen LogP contribution < -0.4 is 10.2 Å². The van der Waals surface area contributed by atoms with Crippen LogP contribution in [-0.4, -0.2) is 39.6 Å². The van der Waals surface area contributed by atoms with Crippen molar-refractivity contribution < 1.29 is 9.59 Å². The van der Waals surface area contributed by atoms with Crippen molar-refractivity contribution >= 4 is 28.4 Å². The molecule has 7 heteroatoms. The molecular weight excluding hydrogens is 390 g/mol. The number of hydrogen-bond acceptors (Lipinski definition) is 3. The number of anilines is 1. The Morgan fingerprint density at radius 1 is 1.26 bits per heavy atom. The highest BCUT2D eigenvalue weighted by atomic mass is 16.2. The number of rotatable bonds is 3. The summed E-state index contributed by atoms with van der Waals surface area (Å²) in [6, 6.07) is 4.48. The average Bonchev–Trinajstić information content (AvgIpc) is 3.32. The Kier molecular flexibility index (Phi) is 3.88.